The summed E-state index contributed by atoms with van der Waals surface area (Å²) in [6, 6.07) is 5.58. The van der Waals surface area contributed by atoms with Crippen LogP contribution in [0.15, 0.2) is 18.2 Å². The second kappa shape index (κ2) is 7.76. The van der Waals surface area contributed by atoms with E-state index in [-0.39, 0.29) is 6.10 Å². The van der Waals surface area contributed by atoms with Crippen molar-refractivity contribution in [1.29, 1.82) is 0 Å². The first-order chi connectivity index (χ1) is 9.76. The van der Waals surface area contributed by atoms with Gasteiger partial charge in [-0.3, -0.25) is 0 Å². The number of hydrogen-bond donors (Lipinski definition) is 1. The highest BCUT2D eigenvalue weighted by molar-refractivity contribution is 7.99. The summed E-state index contributed by atoms with van der Waals surface area (Å²) in [6.07, 6.45) is -0.779. The highest BCUT2D eigenvalue weighted by atomic mass is 32.2. The second-order valence-electron chi connectivity index (χ2n) is 4.50. The van der Waals surface area contributed by atoms with Crippen molar-refractivity contribution in [1.82, 2.24) is 0 Å². The molecule has 112 valence electrons. The standard InChI is InChI=1S/C15H22O4S/c1-3-17-12-6-5-11(9-13(12)18-4-2)15(16)14-10-20-8-7-19-14/h5-6,9,14-16H,3-4,7-8,10H2,1-2H3. The number of thioether (sulfide) groups is 1. The van der Waals surface area contributed by atoms with E-state index in [1.54, 1.807) is 0 Å². The molecule has 1 N–H and O–H groups in total. The topological polar surface area (TPSA) is 47.9 Å². The van der Waals surface area contributed by atoms with Crippen LogP contribution in [0.2, 0.25) is 0 Å². The van der Waals surface area contributed by atoms with Crippen molar-refractivity contribution < 1.29 is 19.3 Å². The fourth-order valence-electron chi connectivity index (χ4n) is 2.15. The lowest BCUT2D eigenvalue weighted by Crippen LogP contribution is -2.29. The van der Waals surface area contributed by atoms with Crippen LogP contribution in [0.4, 0.5) is 0 Å². The van der Waals surface area contributed by atoms with Gasteiger partial charge in [0.1, 0.15) is 6.10 Å². The van der Waals surface area contributed by atoms with Crippen LogP contribution in [0.1, 0.15) is 25.5 Å². The second-order valence-corrected chi connectivity index (χ2v) is 5.65. The molecule has 5 heteroatoms. The Morgan fingerprint density at radius 1 is 1.30 bits per heavy atom. The number of aliphatic hydroxyl groups is 1. The van der Waals surface area contributed by atoms with Crippen LogP contribution in [0.3, 0.4) is 0 Å². The van der Waals surface area contributed by atoms with E-state index in [0.717, 1.165) is 17.1 Å². The largest absolute Gasteiger partial charge is 0.490 e. The zero-order valence-corrected chi connectivity index (χ0v) is 12.8. The van der Waals surface area contributed by atoms with Crippen molar-refractivity contribution in [3.63, 3.8) is 0 Å². The Morgan fingerprint density at radius 2 is 2.05 bits per heavy atom. The minimum atomic E-state index is -0.627. The maximum atomic E-state index is 10.4. The Labute approximate surface area is 124 Å². The fraction of sp³-hybridized carbons (Fsp3) is 0.600. The summed E-state index contributed by atoms with van der Waals surface area (Å²) < 4.78 is 16.7. The van der Waals surface area contributed by atoms with Gasteiger partial charge in [-0.05, 0) is 31.5 Å². The van der Waals surface area contributed by atoms with Crippen molar-refractivity contribution >= 4 is 11.8 Å². The summed E-state index contributed by atoms with van der Waals surface area (Å²) in [7, 11) is 0. The predicted octanol–water partition coefficient (Wildman–Crippen LogP) is 2.65. The van der Waals surface area contributed by atoms with Crippen molar-refractivity contribution in [2.24, 2.45) is 0 Å². The van der Waals surface area contributed by atoms with E-state index < -0.39 is 6.10 Å². The van der Waals surface area contributed by atoms with E-state index in [1.807, 2.05) is 43.8 Å². The first-order valence-electron chi connectivity index (χ1n) is 7.03. The molecule has 0 spiro atoms. The summed E-state index contributed by atoms with van der Waals surface area (Å²) in [5, 5.41) is 10.4. The molecule has 1 aliphatic heterocycles. The first kappa shape index (κ1) is 15.5. The van der Waals surface area contributed by atoms with E-state index in [0.29, 0.717) is 31.3 Å². The molecular formula is C15H22O4S. The smallest absolute Gasteiger partial charge is 0.161 e. The molecular weight excluding hydrogens is 276 g/mol. The van der Waals surface area contributed by atoms with Crippen LogP contribution in [0, 0.1) is 0 Å². The van der Waals surface area contributed by atoms with Gasteiger partial charge in [0.2, 0.25) is 0 Å². The molecule has 0 saturated carbocycles. The average molecular weight is 298 g/mol. The van der Waals surface area contributed by atoms with Crippen molar-refractivity contribution in [3.8, 4) is 11.5 Å². The van der Waals surface area contributed by atoms with Crippen LogP contribution in [0.5, 0.6) is 11.5 Å². The number of rotatable bonds is 6. The van der Waals surface area contributed by atoms with Gasteiger partial charge in [0.15, 0.2) is 11.5 Å². The molecule has 20 heavy (non-hydrogen) atoms. The van der Waals surface area contributed by atoms with Gasteiger partial charge in [-0.15, -0.1) is 0 Å². The number of benzene rings is 1. The van der Waals surface area contributed by atoms with E-state index in [1.165, 1.54) is 0 Å². The molecule has 2 atom stereocenters. The molecule has 4 nitrogen and oxygen atoms in total. The van der Waals surface area contributed by atoms with E-state index in [4.69, 9.17) is 14.2 Å². The van der Waals surface area contributed by atoms with Gasteiger partial charge in [0, 0.05) is 11.5 Å². The number of aliphatic hydroxyl groups excluding tert-OH is 1. The third kappa shape index (κ3) is 3.81. The SMILES string of the molecule is CCOc1ccc(C(O)C2CSCCO2)cc1OCC. The van der Waals surface area contributed by atoms with E-state index in [2.05, 4.69) is 0 Å². The highest BCUT2D eigenvalue weighted by Crippen LogP contribution is 2.33. The quantitative estimate of drug-likeness (QED) is 0.875. The van der Waals surface area contributed by atoms with Gasteiger partial charge in [-0.1, -0.05) is 6.07 Å². The Morgan fingerprint density at radius 3 is 2.70 bits per heavy atom. The van der Waals surface area contributed by atoms with Gasteiger partial charge in [0.25, 0.3) is 0 Å². The van der Waals surface area contributed by atoms with Crippen molar-refractivity contribution in [3.05, 3.63) is 23.8 Å². The van der Waals surface area contributed by atoms with Crippen LogP contribution >= 0.6 is 11.8 Å². The van der Waals surface area contributed by atoms with Crippen LogP contribution in [-0.2, 0) is 4.74 Å². The molecule has 1 fully saturated rings. The highest BCUT2D eigenvalue weighted by Gasteiger charge is 2.25. The van der Waals surface area contributed by atoms with Gasteiger partial charge >= 0.3 is 0 Å². The zero-order valence-electron chi connectivity index (χ0n) is 12.0. The molecule has 1 aromatic rings. The Bertz CT molecular complexity index is 418. The molecule has 1 saturated heterocycles. The maximum Gasteiger partial charge on any atom is 0.161 e. The minimum absolute atomic E-state index is 0.152. The van der Waals surface area contributed by atoms with Crippen LogP contribution in [-0.4, -0.2) is 42.5 Å². The predicted molar refractivity (Wildman–Crippen MR) is 80.8 cm³/mol. The van der Waals surface area contributed by atoms with Gasteiger partial charge < -0.3 is 19.3 Å². The lowest BCUT2D eigenvalue weighted by molar-refractivity contribution is -0.0228. The summed E-state index contributed by atoms with van der Waals surface area (Å²) >= 11 is 1.81. The molecule has 2 rings (SSSR count). The summed E-state index contributed by atoms with van der Waals surface area (Å²) in [5.41, 5.74) is 0.810. The molecule has 0 amide bonds. The Hall–Kier alpha value is -0.910. The fourth-order valence-corrected chi connectivity index (χ4v) is 3.05. The molecule has 0 radical (unpaired) electrons. The molecule has 1 aromatic carbocycles. The number of ether oxygens (including phenoxy) is 3. The lowest BCUT2D eigenvalue weighted by Gasteiger charge is -2.27. The van der Waals surface area contributed by atoms with Gasteiger partial charge in [0.05, 0.1) is 25.9 Å². The molecule has 0 bridgehead atoms. The van der Waals surface area contributed by atoms with Crippen molar-refractivity contribution in [2.75, 3.05) is 31.3 Å². The Balaban J connectivity index is 2.16. The lowest BCUT2D eigenvalue weighted by atomic mass is 10.0. The maximum absolute atomic E-state index is 10.4. The summed E-state index contributed by atoms with van der Waals surface area (Å²) in [6.45, 7) is 5.72. The summed E-state index contributed by atoms with van der Waals surface area (Å²) in [4.78, 5) is 0. The van der Waals surface area contributed by atoms with Gasteiger partial charge in [-0.2, -0.15) is 11.8 Å². The van der Waals surface area contributed by atoms with Crippen LogP contribution < -0.4 is 9.47 Å². The number of hydrogen-bond acceptors (Lipinski definition) is 5. The van der Waals surface area contributed by atoms with Gasteiger partial charge in [-0.25, -0.2) is 0 Å². The van der Waals surface area contributed by atoms with E-state index in [9.17, 15) is 5.11 Å². The molecule has 0 aliphatic carbocycles. The first-order valence-corrected chi connectivity index (χ1v) is 8.18. The molecule has 2 unspecified atom stereocenters. The normalized spacial score (nSPS) is 20.4. The minimum Gasteiger partial charge on any atom is -0.490 e. The van der Waals surface area contributed by atoms with Crippen LogP contribution in [0.25, 0.3) is 0 Å². The van der Waals surface area contributed by atoms with Crippen molar-refractivity contribution in [2.45, 2.75) is 26.1 Å². The third-order valence-electron chi connectivity index (χ3n) is 3.10. The monoisotopic (exact) mass is 298 g/mol. The zero-order chi connectivity index (χ0) is 14.4. The average Bonchev–Trinajstić information content (AvgIpc) is 2.50. The Kier molecular flexibility index (Phi) is 6.01. The summed E-state index contributed by atoms with van der Waals surface area (Å²) in [5.74, 6) is 3.20. The third-order valence-corrected chi connectivity index (χ3v) is 4.12. The molecule has 1 heterocycles. The molecule has 0 aromatic heterocycles. The molecule has 1 aliphatic rings. The van der Waals surface area contributed by atoms with E-state index >= 15 is 0 Å².